The van der Waals surface area contributed by atoms with Gasteiger partial charge in [0.1, 0.15) is 6.61 Å². The minimum Gasteiger partial charge on any atom is -0.449 e. The van der Waals surface area contributed by atoms with Gasteiger partial charge in [-0.25, -0.2) is 4.79 Å². The SMILES string of the molecule is O=C(NCC[C@@H]1CCCC[C@H]1O)OCC1c2ccccc2-c2ccccc21. The molecule has 0 aromatic heterocycles. The monoisotopic (exact) mass is 365 g/mol. The number of hydrogen-bond donors (Lipinski definition) is 2. The van der Waals surface area contributed by atoms with Gasteiger partial charge >= 0.3 is 6.09 Å². The van der Waals surface area contributed by atoms with E-state index < -0.39 is 0 Å². The molecule has 2 aromatic carbocycles. The van der Waals surface area contributed by atoms with Crippen LogP contribution in [0.5, 0.6) is 0 Å². The summed E-state index contributed by atoms with van der Waals surface area (Å²) in [4.78, 5) is 12.2. The lowest BCUT2D eigenvalue weighted by Gasteiger charge is -2.27. The Morgan fingerprint density at radius 2 is 1.63 bits per heavy atom. The number of hydrogen-bond acceptors (Lipinski definition) is 3. The number of aliphatic hydroxyl groups is 1. The number of rotatable bonds is 5. The van der Waals surface area contributed by atoms with Crippen LogP contribution in [0, 0.1) is 5.92 Å². The fourth-order valence-corrected chi connectivity index (χ4v) is 4.53. The van der Waals surface area contributed by atoms with Gasteiger partial charge in [-0.15, -0.1) is 0 Å². The third-order valence-electron chi connectivity index (χ3n) is 6.00. The first-order valence-electron chi connectivity index (χ1n) is 10.0. The number of carbonyl (C=O) groups excluding carboxylic acids is 1. The average Bonchev–Trinajstić information content (AvgIpc) is 3.02. The number of carbonyl (C=O) groups is 1. The second-order valence-electron chi connectivity index (χ2n) is 7.65. The van der Waals surface area contributed by atoms with Crippen molar-refractivity contribution in [2.45, 2.75) is 44.1 Å². The maximum atomic E-state index is 12.2. The van der Waals surface area contributed by atoms with Crippen LogP contribution in [0.1, 0.15) is 49.1 Å². The predicted molar refractivity (Wildman–Crippen MR) is 106 cm³/mol. The highest BCUT2D eigenvalue weighted by Gasteiger charge is 2.29. The van der Waals surface area contributed by atoms with Crippen LogP contribution in [-0.2, 0) is 4.74 Å². The molecule has 27 heavy (non-hydrogen) atoms. The number of aliphatic hydroxyl groups excluding tert-OH is 1. The van der Waals surface area contributed by atoms with E-state index >= 15 is 0 Å². The topological polar surface area (TPSA) is 58.6 Å². The van der Waals surface area contributed by atoms with Crippen LogP contribution in [0.2, 0.25) is 0 Å². The van der Waals surface area contributed by atoms with Gasteiger partial charge in [-0.2, -0.15) is 0 Å². The molecular formula is C23H27NO3. The number of ether oxygens (including phenoxy) is 1. The molecule has 0 heterocycles. The van der Waals surface area contributed by atoms with E-state index in [1.165, 1.54) is 28.7 Å². The summed E-state index contributed by atoms with van der Waals surface area (Å²) in [6.07, 6.45) is 4.43. The van der Waals surface area contributed by atoms with Gasteiger partial charge in [-0.05, 0) is 47.4 Å². The van der Waals surface area contributed by atoms with Crippen molar-refractivity contribution in [2.75, 3.05) is 13.2 Å². The van der Waals surface area contributed by atoms with Crippen molar-refractivity contribution in [3.63, 3.8) is 0 Å². The van der Waals surface area contributed by atoms with Crippen LogP contribution in [0.4, 0.5) is 4.79 Å². The summed E-state index contributed by atoms with van der Waals surface area (Å²) in [5.41, 5.74) is 4.90. The first kappa shape index (κ1) is 18.1. The number of amides is 1. The molecule has 1 fully saturated rings. The highest BCUT2D eigenvalue weighted by Crippen LogP contribution is 2.44. The summed E-state index contributed by atoms with van der Waals surface area (Å²) in [5.74, 6) is 0.385. The highest BCUT2D eigenvalue weighted by molar-refractivity contribution is 5.79. The van der Waals surface area contributed by atoms with Crippen LogP contribution < -0.4 is 5.32 Å². The minimum absolute atomic E-state index is 0.0864. The van der Waals surface area contributed by atoms with Crippen molar-refractivity contribution >= 4 is 6.09 Å². The fourth-order valence-electron chi connectivity index (χ4n) is 4.53. The molecule has 2 aliphatic rings. The van der Waals surface area contributed by atoms with Crippen LogP contribution in [0.15, 0.2) is 48.5 Å². The fraction of sp³-hybridized carbons (Fsp3) is 0.435. The number of nitrogens with one attached hydrogen (secondary N) is 1. The van der Waals surface area contributed by atoms with E-state index in [1.54, 1.807) is 0 Å². The van der Waals surface area contributed by atoms with Gasteiger partial charge < -0.3 is 15.2 Å². The van der Waals surface area contributed by atoms with Gasteiger partial charge in [0.05, 0.1) is 6.10 Å². The zero-order chi connectivity index (χ0) is 18.6. The lowest BCUT2D eigenvalue weighted by molar-refractivity contribution is 0.0647. The molecule has 0 aliphatic heterocycles. The second-order valence-corrected chi connectivity index (χ2v) is 7.65. The van der Waals surface area contributed by atoms with E-state index in [4.69, 9.17) is 4.74 Å². The quantitative estimate of drug-likeness (QED) is 0.822. The Morgan fingerprint density at radius 3 is 2.30 bits per heavy atom. The van der Waals surface area contributed by atoms with Crippen molar-refractivity contribution in [3.8, 4) is 11.1 Å². The summed E-state index contributed by atoms with van der Waals surface area (Å²) in [7, 11) is 0. The molecule has 4 nitrogen and oxygen atoms in total. The standard InChI is InChI=1S/C23H27NO3/c25-22-12-6-1-7-16(22)13-14-24-23(26)27-15-21-19-10-4-2-8-17(19)18-9-3-5-11-20(18)21/h2-5,8-11,16,21-22,25H,1,6-7,12-15H2,(H,24,26)/t16-,22+/m0/s1. The molecule has 0 unspecified atom stereocenters. The van der Waals surface area contributed by atoms with E-state index in [1.807, 2.05) is 24.3 Å². The van der Waals surface area contributed by atoms with Crippen LogP contribution in [0.3, 0.4) is 0 Å². The molecule has 4 heteroatoms. The summed E-state index contributed by atoms with van der Waals surface area (Å²) in [6, 6.07) is 16.7. The summed E-state index contributed by atoms with van der Waals surface area (Å²) in [6.45, 7) is 0.893. The van der Waals surface area contributed by atoms with E-state index in [0.29, 0.717) is 19.1 Å². The second kappa shape index (κ2) is 8.13. The lowest BCUT2D eigenvalue weighted by atomic mass is 9.84. The Kier molecular flexibility index (Phi) is 5.44. The molecule has 1 amide bonds. The van der Waals surface area contributed by atoms with Crippen molar-refractivity contribution in [1.29, 1.82) is 0 Å². The summed E-state index contributed by atoms with van der Waals surface area (Å²) >= 11 is 0. The molecule has 2 aromatic rings. The molecule has 2 atom stereocenters. The molecule has 2 N–H and O–H groups in total. The number of alkyl carbamates (subject to hydrolysis) is 1. The van der Waals surface area contributed by atoms with E-state index in [2.05, 4.69) is 29.6 Å². The summed E-state index contributed by atoms with van der Waals surface area (Å²) < 4.78 is 5.54. The number of fused-ring (bicyclic) bond motifs is 3. The zero-order valence-corrected chi connectivity index (χ0v) is 15.6. The van der Waals surface area contributed by atoms with Crippen molar-refractivity contribution in [2.24, 2.45) is 5.92 Å². The Labute approximate surface area is 160 Å². The molecule has 0 radical (unpaired) electrons. The van der Waals surface area contributed by atoms with Gasteiger partial charge in [-0.3, -0.25) is 0 Å². The molecule has 0 spiro atoms. The average molecular weight is 365 g/mol. The Balaban J connectivity index is 1.31. The normalized spacial score (nSPS) is 21.4. The molecule has 0 bridgehead atoms. The third-order valence-corrected chi connectivity index (χ3v) is 6.00. The molecular weight excluding hydrogens is 338 g/mol. The first-order chi connectivity index (χ1) is 13.2. The first-order valence-corrected chi connectivity index (χ1v) is 10.0. The van der Waals surface area contributed by atoms with Crippen LogP contribution in [-0.4, -0.2) is 30.5 Å². The van der Waals surface area contributed by atoms with E-state index in [-0.39, 0.29) is 18.1 Å². The predicted octanol–water partition coefficient (Wildman–Crippen LogP) is 4.47. The van der Waals surface area contributed by atoms with Gasteiger partial charge in [0.2, 0.25) is 0 Å². The largest absolute Gasteiger partial charge is 0.449 e. The van der Waals surface area contributed by atoms with Gasteiger partial charge in [-0.1, -0.05) is 61.4 Å². The highest BCUT2D eigenvalue weighted by atomic mass is 16.5. The van der Waals surface area contributed by atoms with Gasteiger partial charge in [0, 0.05) is 12.5 Å². The molecule has 4 rings (SSSR count). The maximum absolute atomic E-state index is 12.2. The molecule has 142 valence electrons. The molecule has 0 saturated heterocycles. The van der Waals surface area contributed by atoms with Crippen molar-refractivity contribution in [1.82, 2.24) is 5.32 Å². The smallest absolute Gasteiger partial charge is 0.407 e. The van der Waals surface area contributed by atoms with Gasteiger partial charge in [0.25, 0.3) is 0 Å². The lowest BCUT2D eigenvalue weighted by Crippen LogP contribution is -2.31. The van der Waals surface area contributed by atoms with E-state index in [9.17, 15) is 9.90 Å². The Bertz CT molecular complexity index is 758. The van der Waals surface area contributed by atoms with Crippen molar-refractivity contribution < 1.29 is 14.6 Å². The Hall–Kier alpha value is -2.33. The molecule has 2 aliphatic carbocycles. The molecule has 1 saturated carbocycles. The van der Waals surface area contributed by atoms with Crippen molar-refractivity contribution in [3.05, 3.63) is 59.7 Å². The van der Waals surface area contributed by atoms with Crippen LogP contribution >= 0.6 is 0 Å². The van der Waals surface area contributed by atoms with Crippen LogP contribution in [0.25, 0.3) is 11.1 Å². The van der Waals surface area contributed by atoms with E-state index in [0.717, 1.165) is 25.7 Å². The Morgan fingerprint density at radius 1 is 1.00 bits per heavy atom. The third kappa shape index (κ3) is 3.86. The van der Waals surface area contributed by atoms with Gasteiger partial charge in [0.15, 0.2) is 0 Å². The number of benzene rings is 2. The minimum atomic E-state index is -0.373. The zero-order valence-electron chi connectivity index (χ0n) is 15.6. The summed E-state index contributed by atoms with van der Waals surface area (Å²) in [5, 5.41) is 12.9. The maximum Gasteiger partial charge on any atom is 0.407 e.